The van der Waals surface area contributed by atoms with Crippen LogP contribution >= 0.6 is 0 Å². The molecule has 3 aromatic rings. The Hall–Kier alpha value is -2.97. The van der Waals surface area contributed by atoms with Crippen LogP contribution in [0.2, 0.25) is 0 Å². The van der Waals surface area contributed by atoms with Crippen molar-refractivity contribution in [1.82, 2.24) is 20.0 Å². The average molecular weight is 384 g/mol. The lowest BCUT2D eigenvalue weighted by Crippen LogP contribution is -2.29. The fourth-order valence-corrected chi connectivity index (χ4v) is 3.27. The van der Waals surface area contributed by atoms with Crippen LogP contribution in [0.4, 0.5) is 0 Å². The van der Waals surface area contributed by atoms with E-state index in [9.17, 15) is 13.2 Å². The summed E-state index contributed by atoms with van der Waals surface area (Å²) in [6.45, 7) is 0.279. The third-order valence-corrected chi connectivity index (χ3v) is 4.89. The van der Waals surface area contributed by atoms with Crippen molar-refractivity contribution < 1.29 is 13.2 Å². The molecular formula is C19H20N4O3S. The van der Waals surface area contributed by atoms with E-state index in [0.29, 0.717) is 5.82 Å². The molecule has 2 aromatic carbocycles. The molecule has 1 aromatic heterocycles. The van der Waals surface area contributed by atoms with E-state index in [2.05, 4.69) is 20.0 Å². The minimum Gasteiger partial charge on any atom is -0.349 e. The maximum absolute atomic E-state index is 11.9. The lowest BCUT2D eigenvalue weighted by Gasteiger charge is -2.04. The number of rotatable bonds is 8. The molecule has 140 valence electrons. The number of fused-ring (bicyclic) bond motifs is 1. The van der Waals surface area contributed by atoms with Crippen molar-refractivity contribution in [2.75, 3.05) is 6.54 Å². The largest absolute Gasteiger partial charge is 0.349 e. The molecule has 0 radical (unpaired) electrons. The Morgan fingerprint density at radius 3 is 2.59 bits per heavy atom. The van der Waals surface area contributed by atoms with Gasteiger partial charge in [0.2, 0.25) is 15.9 Å². The van der Waals surface area contributed by atoms with Crippen molar-refractivity contribution in [3.63, 3.8) is 0 Å². The summed E-state index contributed by atoms with van der Waals surface area (Å²) in [5, 5.41) is 3.81. The zero-order valence-corrected chi connectivity index (χ0v) is 15.4. The summed E-state index contributed by atoms with van der Waals surface area (Å²) in [7, 11) is -3.59. The van der Waals surface area contributed by atoms with Gasteiger partial charge in [0.1, 0.15) is 5.82 Å². The van der Waals surface area contributed by atoms with Crippen molar-refractivity contribution in [2.24, 2.45) is 0 Å². The molecule has 1 heterocycles. The fourth-order valence-electron chi connectivity index (χ4n) is 2.45. The molecule has 0 bridgehead atoms. The quantitative estimate of drug-likeness (QED) is 0.554. The average Bonchev–Trinajstić information content (AvgIpc) is 3.09. The number of hydrogen-bond donors (Lipinski definition) is 3. The summed E-state index contributed by atoms with van der Waals surface area (Å²) < 4.78 is 26.2. The first-order chi connectivity index (χ1) is 13.0. The van der Waals surface area contributed by atoms with Crippen molar-refractivity contribution in [3.8, 4) is 0 Å². The number of carbonyl (C=O) groups excluding carboxylic acids is 1. The molecule has 8 heteroatoms. The Bertz CT molecular complexity index is 1010. The highest BCUT2D eigenvalue weighted by Gasteiger charge is 2.08. The monoisotopic (exact) mass is 384 g/mol. The molecule has 0 atom stereocenters. The molecule has 0 aliphatic rings. The Labute approximate surface area is 157 Å². The van der Waals surface area contributed by atoms with Crippen LogP contribution in [0.15, 0.2) is 60.0 Å². The van der Waals surface area contributed by atoms with Crippen LogP contribution in [0.5, 0.6) is 0 Å². The van der Waals surface area contributed by atoms with Gasteiger partial charge >= 0.3 is 0 Å². The normalized spacial score (nSPS) is 11.9. The number of H-pyrrole nitrogens is 1. The third-order valence-electron chi connectivity index (χ3n) is 3.79. The highest BCUT2D eigenvalue weighted by Crippen LogP contribution is 2.09. The summed E-state index contributed by atoms with van der Waals surface area (Å²) in [5.74, 6) is 0.390. The first-order valence-corrected chi connectivity index (χ1v) is 10.00. The molecule has 0 unspecified atom stereocenters. The lowest BCUT2D eigenvalue weighted by atomic mass is 10.2. The number of benzene rings is 2. The minimum absolute atomic E-state index is 0.0213. The molecule has 3 rings (SSSR count). The molecule has 0 fully saturated rings. The predicted octanol–water partition coefficient (Wildman–Crippen LogP) is 2.16. The zero-order valence-electron chi connectivity index (χ0n) is 14.6. The van der Waals surface area contributed by atoms with Gasteiger partial charge in [0.05, 0.1) is 17.6 Å². The molecule has 0 spiro atoms. The highest BCUT2D eigenvalue weighted by molar-refractivity contribution is 7.92. The van der Waals surface area contributed by atoms with Crippen LogP contribution in [-0.2, 0) is 21.4 Å². The Morgan fingerprint density at radius 2 is 1.81 bits per heavy atom. The number of aromatic amines is 1. The molecule has 3 N–H and O–H groups in total. The van der Waals surface area contributed by atoms with E-state index in [4.69, 9.17) is 0 Å². The molecule has 1 amide bonds. The van der Waals surface area contributed by atoms with E-state index in [0.717, 1.165) is 22.0 Å². The minimum atomic E-state index is -3.59. The van der Waals surface area contributed by atoms with Crippen LogP contribution in [0.25, 0.3) is 17.1 Å². The predicted molar refractivity (Wildman–Crippen MR) is 105 cm³/mol. The van der Waals surface area contributed by atoms with Gasteiger partial charge in [-0.05, 0) is 23.8 Å². The van der Waals surface area contributed by atoms with Crippen molar-refractivity contribution in [3.05, 3.63) is 71.4 Å². The molecule has 0 saturated carbocycles. The standard InChI is InChI=1S/C19H20N4O3S/c24-19(20-14-18-22-16-8-4-5-9-17(16)23-18)10-12-21-27(25,26)13-11-15-6-2-1-3-7-15/h1-9,11,13,21H,10,12,14H2,(H,20,24)(H,22,23)/b13-11+. The van der Waals surface area contributed by atoms with Gasteiger partial charge in [-0.1, -0.05) is 42.5 Å². The summed E-state index contributed by atoms with van der Waals surface area (Å²) in [5.41, 5.74) is 2.52. The van der Waals surface area contributed by atoms with Crippen LogP contribution < -0.4 is 10.0 Å². The molecule has 0 aliphatic heterocycles. The number of aromatic nitrogens is 2. The molecular weight excluding hydrogens is 364 g/mol. The third kappa shape index (κ3) is 5.77. The first-order valence-electron chi connectivity index (χ1n) is 8.45. The first kappa shape index (κ1) is 18.8. The van der Waals surface area contributed by atoms with E-state index in [1.165, 1.54) is 6.08 Å². The fraction of sp³-hybridized carbons (Fsp3) is 0.158. The van der Waals surface area contributed by atoms with Crippen LogP contribution in [-0.4, -0.2) is 30.8 Å². The molecule has 7 nitrogen and oxygen atoms in total. The van der Waals surface area contributed by atoms with E-state index < -0.39 is 10.0 Å². The van der Waals surface area contributed by atoms with E-state index in [1.54, 1.807) is 12.1 Å². The van der Waals surface area contributed by atoms with Gasteiger partial charge in [0.25, 0.3) is 0 Å². The van der Waals surface area contributed by atoms with E-state index in [-0.39, 0.29) is 25.4 Å². The van der Waals surface area contributed by atoms with Crippen LogP contribution in [0.1, 0.15) is 17.8 Å². The van der Waals surface area contributed by atoms with Gasteiger partial charge in [-0.3, -0.25) is 4.79 Å². The lowest BCUT2D eigenvalue weighted by molar-refractivity contribution is -0.121. The van der Waals surface area contributed by atoms with Gasteiger partial charge in [0, 0.05) is 18.4 Å². The molecule has 0 aliphatic carbocycles. The summed E-state index contributed by atoms with van der Waals surface area (Å²) >= 11 is 0. The van der Waals surface area contributed by atoms with Gasteiger partial charge in [-0.2, -0.15) is 0 Å². The van der Waals surface area contributed by atoms with Gasteiger partial charge in [-0.25, -0.2) is 18.1 Å². The Balaban J connectivity index is 1.42. The number of carbonyl (C=O) groups is 1. The molecule has 27 heavy (non-hydrogen) atoms. The van der Waals surface area contributed by atoms with E-state index in [1.807, 2.05) is 42.5 Å². The maximum atomic E-state index is 11.9. The number of sulfonamides is 1. The second-order valence-electron chi connectivity index (χ2n) is 5.88. The van der Waals surface area contributed by atoms with Gasteiger partial charge < -0.3 is 10.3 Å². The zero-order chi connectivity index (χ0) is 19.1. The van der Waals surface area contributed by atoms with Gasteiger partial charge in [-0.15, -0.1) is 0 Å². The SMILES string of the molecule is O=C(CCNS(=O)(=O)/C=C/c1ccccc1)NCc1nc2ccccc2[nH]1. The number of para-hydroxylation sites is 2. The summed E-state index contributed by atoms with van der Waals surface area (Å²) in [6, 6.07) is 16.7. The second-order valence-corrected chi connectivity index (χ2v) is 7.53. The number of amides is 1. The Morgan fingerprint density at radius 1 is 1.07 bits per heavy atom. The van der Waals surface area contributed by atoms with E-state index >= 15 is 0 Å². The van der Waals surface area contributed by atoms with Crippen molar-refractivity contribution in [1.29, 1.82) is 0 Å². The van der Waals surface area contributed by atoms with Crippen molar-refractivity contribution in [2.45, 2.75) is 13.0 Å². The molecule has 0 saturated heterocycles. The Kier molecular flexibility index (Phi) is 6.00. The summed E-state index contributed by atoms with van der Waals surface area (Å²) in [4.78, 5) is 19.4. The van der Waals surface area contributed by atoms with Crippen LogP contribution in [0.3, 0.4) is 0 Å². The second kappa shape index (κ2) is 8.61. The number of nitrogens with zero attached hydrogens (tertiary/aromatic N) is 1. The van der Waals surface area contributed by atoms with Crippen molar-refractivity contribution >= 4 is 33.0 Å². The number of hydrogen-bond acceptors (Lipinski definition) is 4. The maximum Gasteiger partial charge on any atom is 0.233 e. The smallest absolute Gasteiger partial charge is 0.233 e. The number of imidazole rings is 1. The summed E-state index contributed by atoms with van der Waals surface area (Å²) in [6.07, 6.45) is 1.54. The number of nitrogens with one attached hydrogen (secondary N) is 3. The van der Waals surface area contributed by atoms with Crippen LogP contribution in [0, 0.1) is 0 Å². The van der Waals surface area contributed by atoms with Gasteiger partial charge in [0.15, 0.2) is 0 Å². The topological polar surface area (TPSA) is 104 Å². The highest BCUT2D eigenvalue weighted by atomic mass is 32.2.